The summed E-state index contributed by atoms with van der Waals surface area (Å²) in [6, 6.07) is 12.6. The number of aromatic nitrogens is 1. The highest BCUT2D eigenvalue weighted by molar-refractivity contribution is 5.64. The van der Waals surface area contributed by atoms with Crippen LogP contribution < -0.4 is 5.73 Å². The molecule has 3 rings (SSSR count). The van der Waals surface area contributed by atoms with Crippen LogP contribution in [0.5, 0.6) is 0 Å². The van der Waals surface area contributed by atoms with E-state index >= 15 is 0 Å². The number of nitrogens with zero attached hydrogens (tertiary/aromatic N) is 1. The molecule has 80 valence electrons. The van der Waals surface area contributed by atoms with E-state index in [9.17, 15) is 0 Å². The summed E-state index contributed by atoms with van der Waals surface area (Å²) < 4.78 is 0. The Labute approximate surface area is 95.1 Å². The van der Waals surface area contributed by atoms with Gasteiger partial charge in [-0.1, -0.05) is 18.2 Å². The van der Waals surface area contributed by atoms with Gasteiger partial charge in [-0.15, -0.1) is 0 Å². The van der Waals surface area contributed by atoms with Gasteiger partial charge in [-0.3, -0.25) is 4.98 Å². The molecule has 1 aromatic carbocycles. The number of hydrogen-bond donors (Lipinski definition) is 1. The lowest BCUT2D eigenvalue weighted by Crippen LogP contribution is -2.18. The highest BCUT2D eigenvalue weighted by atomic mass is 14.8. The first-order chi connectivity index (χ1) is 7.78. The van der Waals surface area contributed by atoms with Gasteiger partial charge in [-0.25, -0.2) is 0 Å². The number of pyridine rings is 1. The molecule has 2 nitrogen and oxygen atoms in total. The van der Waals surface area contributed by atoms with Gasteiger partial charge >= 0.3 is 0 Å². The molecule has 0 amide bonds. The van der Waals surface area contributed by atoms with Crippen molar-refractivity contribution in [1.82, 2.24) is 4.98 Å². The van der Waals surface area contributed by atoms with Crippen LogP contribution in [0.1, 0.15) is 18.4 Å². The van der Waals surface area contributed by atoms with Gasteiger partial charge in [0.15, 0.2) is 0 Å². The van der Waals surface area contributed by atoms with Crippen molar-refractivity contribution in [3.8, 4) is 11.1 Å². The van der Waals surface area contributed by atoms with E-state index in [0.717, 1.165) is 12.8 Å². The zero-order valence-corrected chi connectivity index (χ0v) is 9.06. The molecule has 0 radical (unpaired) electrons. The van der Waals surface area contributed by atoms with Crippen molar-refractivity contribution in [2.75, 3.05) is 0 Å². The van der Waals surface area contributed by atoms with Gasteiger partial charge in [-0.2, -0.15) is 0 Å². The summed E-state index contributed by atoms with van der Waals surface area (Å²) in [4.78, 5) is 4.03. The Bertz CT molecular complexity index is 501. The quantitative estimate of drug-likeness (QED) is 0.827. The maximum absolute atomic E-state index is 6.20. The van der Waals surface area contributed by atoms with E-state index in [1.54, 1.807) is 0 Å². The molecular formula is C14H14N2. The van der Waals surface area contributed by atoms with Crippen LogP contribution in [-0.2, 0) is 5.54 Å². The van der Waals surface area contributed by atoms with E-state index in [4.69, 9.17) is 5.73 Å². The summed E-state index contributed by atoms with van der Waals surface area (Å²) in [5.41, 5.74) is 9.82. The Morgan fingerprint density at radius 1 is 1.00 bits per heavy atom. The summed E-state index contributed by atoms with van der Waals surface area (Å²) in [6.45, 7) is 0. The minimum atomic E-state index is -0.0525. The fraction of sp³-hybridized carbons (Fsp3) is 0.214. The van der Waals surface area contributed by atoms with Gasteiger partial charge in [0.25, 0.3) is 0 Å². The van der Waals surface area contributed by atoms with Crippen molar-refractivity contribution in [1.29, 1.82) is 0 Å². The first kappa shape index (κ1) is 9.55. The van der Waals surface area contributed by atoms with Crippen LogP contribution in [0.2, 0.25) is 0 Å². The molecule has 2 N–H and O–H groups in total. The monoisotopic (exact) mass is 210 g/mol. The molecule has 0 saturated heterocycles. The van der Waals surface area contributed by atoms with E-state index in [1.165, 1.54) is 16.7 Å². The lowest BCUT2D eigenvalue weighted by atomic mass is 9.99. The number of benzene rings is 1. The molecule has 1 fully saturated rings. The van der Waals surface area contributed by atoms with Gasteiger partial charge in [0.1, 0.15) is 0 Å². The van der Waals surface area contributed by atoms with Crippen molar-refractivity contribution >= 4 is 0 Å². The maximum Gasteiger partial charge on any atom is 0.0411 e. The zero-order chi connectivity index (χ0) is 11.0. The standard InChI is InChI=1S/C14H14N2/c15-14(6-7-14)13-3-1-2-12(10-13)11-4-8-16-9-5-11/h1-5,8-10H,6-7,15H2. The predicted octanol–water partition coefficient (Wildman–Crippen LogP) is 2.70. The lowest BCUT2D eigenvalue weighted by molar-refractivity contribution is 0.740. The molecule has 2 aromatic rings. The molecule has 0 aliphatic heterocycles. The zero-order valence-electron chi connectivity index (χ0n) is 9.06. The molecular weight excluding hydrogens is 196 g/mol. The van der Waals surface area contributed by atoms with Crippen LogP contribution in [0.4, 0.5) is 0 Å². The van der Waals surface area contributed by atoms with Crippen molar-refractivity contribution in [3.63, 3.8) is 0 Å². The van der Waals surface area contributed by atoms with Crippen LogP contribution in [0.15, 0.2) is 48.8 Å². The third-order valence-electron chi connectivity index (χ3n) is 3.24. The first-order valence-electron chi connectivity index (χ1n) is 5.58. The van der Waals surface area contributed by atoms with Crippen molar-refractivity contribution in [2.45, 2.75) is 18.4 Å². The molecule has 0 unspecified atom stereocenters. The Balaban J connectivity index is 2.03. The smallest absolute Gasteiger partial charge is 0.0411 e. The van der Waals surface area contributed by atoms with Gasteiger partial charge in [-0.05, 0) is 47.7 Å². The fourth-order valence-corrected chi connectivity index (χ4v) is 1.98. The summed E-state index contributed by atoms with van der Waals surface area (Å²) in [7, 11) is 0. The number of hydrogen-bond acceptors (Lipinski definition) is 2. The van der Waals surface area contributed by atoms with Crippen molar-refractivity contribution in [2.24, 2.45) is 5.73 Å². The van der Waals surface area contributed by atoms with Gasteiger partial charge in [0, 0.05) is 17.9 Å². The van der Waals surface area contributed by atoms with Gasteiger partial charge in [0.2, 0.25) is 0 Å². The molecule has 0 spiro atoms. The van der Waals surface area contributed by atoms with E-state index in [2.05, 4.69) is 29.2 Å². The molecule has 1 aliphatic carbocycles. The molecule has 1 aromatic heterocycles. The average molecular weight is 210 g/mol. The minimum Gasteiger partial charge on any atom is -0.321 e. The highest BCUT2D eigenvalue weighted by Crippen LogP contribution is 2.43. The van der Waals surface area contributed by atoms with Gasteiger partial charge in [0.05, 0.1) is 0 Å². The fourth-order valence-electron chi connectivity index (χ4n) is 1.98. The van der Waals surface area contributed by atoms with Crippen LogP contribution >= 0.6 is 0 Å². The second kappa shape index (κ2) is 3.42. The molecule has 1 saturated carbocycles. The van der Waals surface area contributed by atoms with Crippen LogP contribution in [-0.4, -0.2) is 4.98 Å². The second-order valence-electron chi connectivity index (χ2n) is 4.47. The second-order valence-corrected chi connectivity index (χ2v) is 4.47. The van der Waals surface area contributed by atoms with Crippen LogP contribution in [0, 0.1) is 0 Å². The largest absolute Gasteiger partial charge is 0.321 e. The Morgan fingerprint density at radius 2 is 1.75 bits per heavy atom. The maximum atomic E-state index is 6.20. The normalized spacial score (nSPS) is 17.1. The van der Waals surface area contributed by atoms with E-state index in [-0.39, 0.29) is 5.54 Å². The molecule has 1 heterocycles. The predicted molar refractivity (Wildman–Crippen MR) is 64.8 cm³/mol. The molecule has 1 aliphatic rings. The van der Waals surface area contributed by atoms with E-state index < -0.39 is 0 Å². The van der Waals surface area contributed by atoms with E-state index in [1.807, 2.05) is 24.5 Å². The average Bonchev–Trinajstić information content (AvgIpc) is 3.10. The van der Waals surface area contributed by atoms with E-state index in [0.29, 0.717) is 0 Å². The third kappa shape index (κ3) is 1.61. The summed E-state index contributed by atoms with van der Waals surface area (Å²) in [6.07, 6.45) is 5.84. The van der Waals surface area contributed by atoms with Crippen molar-refractivity contribution < 1.29 is 0 Å². The van der Waals surface area contributed by atoms with Crippen LogP contribution in [0.25, 0.3) is 11.1 Å². The molecule has 0 bridgehead atoms. The topological polar surface area (TPSA) is 38.9 Å². The SMILES string of the molecule is NC1(c2cccc(-c3ccncc3)c2)CC1. The van der Waals surface area contributed by atoms with Crippen LogP contribution in [0.3, 0.4) is 0 Å². The lowest BCUT2D eigenvalue weighted by Gasteiger charge is -2.10. The Morgan fingerprint density at radius 3 is 2.44 bits per heavy atom. The minimum absolute atomic E-state index is 0.0525. The highest BCUT2D eigenvalue weighted by Gasteiger charge is 2.39. The molecule has 16 heavy (non-hydrogen) atoms. The first-order valence-corrected chi connectivity index (χ1v) is 5.58. The number of rotatable bonds is 2. The molecule has 0 atom stereocenters. The van der Waals surface area contributed by atoms with Crippen molar-refractivity contribution in [3.05, 3.63) is 54.4 Å². The summed E-state index contributed by atoms with van der Waals surface area (Å²) in [5.74, 6) is 0. The van der Waals surface area contributed by atoms with Gasteiger partial charge < -0.3 is 5.73 Å². The summed E-state index contributed by atoms with van der Waals surface area (Å²) >= 11 is 0. The Hall–Kier alpha value is -1.67. The summed E-state index contributed by atoms with van der Waals surface area (Å²) in [5, 5.41) is 0. The Kier molecular flexibility index (Phi) is 2.04. The number of nitrogens with two attached hydrogens (primary N) is 1. The molecule has 2 heteroatoms. The third-order valence-corrected chi connectivity index (χ3v) is 3.24.